The van der Waals surface area contributed by atoms with Crippen LogP contribution in [0.1, 0.15) is 24.0 Å². The molecule has 8 nitrogen and oxygen atoms in total. The van der Waals surface area contributed by atoms with E-state index in [1.807, 2.05) is 42.5 Å². The lowest BCUT2D eigenvalue weighted by atomic mass is 10.1. The minimum atomic E-state index is -0.481. The number of anilines is 1. The van der Waals surface area contributed by atoms with Gasteiger partial charge in [-0.3, -0.25) is 25.2 Å². The highest BCUT2D eigenvalue weighted by molar-refractivity contribution is 5.95. The van der Waals surface area contributed by atoms with Crippen molar-refractivity contribution in [2.24, 2.45) is 0 Å². The zero-order valence-corrected chi connectivity index (χ0v) is 19.2. The van der Waals surface area contributed by atoms with Gasteiger partial charge in [0.2, 0.25) is 11.8 Å². The molecule has 0 aromatic heterocycles. The summed E-state index contributed by atoms with van der Waals surface area (Å²) in [7, 11) is 0. The lowest BCUT2D eigenvalue weighted by molar-refractivity contribution is -0.129. The first-order valence-electron chi connectivity index (χ1n) is 11.4. The molecule has 0 saturated carbocycles. The number of nitrogens with one attached hydrogen (secondary N) is 2. The molecule has 1 aliphatic heterocycles. The molecular weight excluding hydrogens is 446 g/mol. The summed E-state index contributed by atoms with van der Waals surface area (Å²) in [6.45, 7) is 0.938. The van der Waals surface area contributed by atoms with Crippen molar-refractivity contribution in [3.8, 4) is 11.5 Å². The average Bonchev–Trinajstić information content (AvgIpc) is 3.32. The third-order valence-electron chi connectivity index (χ3n) is 5.47. The minimum absolute atomic E-state index is 0.0970. The number of hydrazine groups is 1. The predicted octanol–water partition coefficient (Wildman–Crippen LogP) is 3.16. The van der Waals surface area contributed by atoms with Crippen LogP contribution in [-0.4, -0.2) is 30.9 Å². The topological polar surface area (TPSA) is 97.0 Å². The van der Waals surface area contributed by atoms with Crippen LogP contribution in [0.4, 0.5) is 5.69 Å². The van der Waals surface area contributed by atoms with Gasteiger partial charge < -0.3 is 14.4 Å². The average molecular weight is 474 g/mol. The lowest BCUT2D eigenvalue weighted by Crippen LogP contribution is -2.44. The molecule has 0 aliphatic carbocycles. The van der Waals surface area contributed by atoms with Crippen LogP contribution in [0.15, 0.2) is 78.9 Å². The van der Waals surface area contributed by atoms with E-state index in [9.17, 15) is 14.4 Å². The summed E-state index contributed by atoms with van der Waals surface area (Å²) in [6.07, 6.45) is 1.53. The van der Waals surface area contributed by atoms with Crippen molar-refractivity contribution >= 4 is 23.4 Å². The number of ether oxygens (including phenoxy) is 2. The van der Waals surface area contributed by atoms with Crippen LogP contribution in [-0.2, 0) is 27.4 Å². The number of rotatable bonds is 9. The highest BCUT2D eigenvalue weighted by atomic mass is 16.5. The molecule has 0 spiro atoms. The number of amides is 3. The van der Waals surface area contributed by atoms with Crippen molar-refractivity contribution in [1.29, 1.82) is 0 Å². The molecule has 0 radical (unpaired) electrons. The van der Waals surface area contributed by atoms with Gasteiger partial charge in [0.25, 0.3) is 5.91 Å². The molecule has 1 fully saturated rings. The standard InChI is InChI=1S/C27H27N3O5/c31-25(17-20-8-10-22(11-9-20)30-16-4-7-27(30)33)28-29-26(32)19-35-24-14-12-23(13-15-24)34-18-21-5-2-1-3-6-21/h1-3,5-6,8-15H,4,7,16-19H2,(H,28,31)(H,29,32). The SMILES string of the molecule is O=C(COc1ccc(OCc2ccccc2)cc1)NNC(=O)Cc1ccc(N2CCCC2=O)cc1. The van der Waals surface area contributed by atoms with E-state index in [1.165, 1.54) is 0 Å². The van der Waals surface area contributed by atoms with Crippen molar-refractivity contribution in [2.75, 3.05) is 18.1 Å². The van der Waals surface area contributed by atoms with Gasteiger partial charge in [0.05, 0.1) is 6.42 Å². The molecule has 4 rings (SSSR count). The summed E-state index contributed by atoms with van der Waals surface area (Å²) in [5.41, 5.74) is 7.40. The molecule has 3 aromatic carbocycles. The number of benzene rings is 3. The largest absolute Gasteiger partial charge is 0.489 e. The van der Waals surface area contributed by atoms with Crippen LogP contribution in [0, 0.1) is 0 Å². The van der Waals surface area contributed by atoms with Crippen LogP contribution in [0.3, 0.4) is 0 Å². The van der Waals surface area contributed by atoms with Gasteiger partial charge in [-0.05, 0) is 53.9 Å². The third kappa shape index (κ3) is 7.07. The Hall–Kier alpha value is -4.33. The van der Waals surface area contributed by atoms with Gasteiger partial charge in [-0.2, -0.15) is 0 Å². The summed E-state index contributed by atoms with van der Waals surface area (Å²) in [6, 6.07) is 24.1. The van der Waals surface area contributed by atoms with Crippen molar-refractivity contribution in [3.63, 3.8) is 0 Å². The molecule has 180 valence electrons. The first-order valence-corrected chi connectivity index (χ1v) is 11.4. The van der Waals surface area contributed by atoms with E-state index in [1.54, 1.807) is 41.3 Å². The fourth-order valence-corrected chi connectivity index (χ4v) is 3.64. The molecule has 1 saturated heterocycles. The molecule has 3 amide bonds. The van der Waals surface area contributed by atoms with Crippen molar-refractivity contribution < 1.29 is 23.9 Å². The highest BCUT2D eigenvalue weighted by Crippen LogP contribution is 2.22. The van der Waals surface area contributed by atoms with E-state index in [4.69, 9.17) is 9.47 Å². The second-order valence-electron chi connectivity index (χ2n) is 8.12. The van der Waals surface area contributed by atoms with E-state index in [0.717, 1.165) is 29.8 Å². The molecular formula is C27H27N3O5. The second-order valence-corrected chi connectivity index (χ2v) is 8.12. The van der Waals surface area contributed by atoms with Crippen molar-refractivity contribution in [1.82, 2.24) is 10.9 Å². The Morgan fingerprint density at radius 1 is 0.771 bits per heavy atom. The highest BCUT2D eigenvalue weighted by Gasteiger charge is 2.21. The Morgan fingerprint density at radius 2 is 1.43 bits per heavy atom. The summed E-state index contributed by atoms with van der Waals surface area (Å²) in [5, 5.41) is 0. The number of nitrogens with zero attached hydrogens (tertiary/aromatic N) is 1. The number of hydrogen-bond acceptors (Lipinski definition) is 5. The molecule has 0 bridgehead atoms. The zero-order chi connectivity index (χ0) is 24.5. The number of carbonyl (C=O) groups excluding carboxylic acids is 3. The van der Waals surface area contributed by atoms with Crippen LogP contribution in [0.25, 0.3) is 0 Å². The monoisotopic (exact) mass is 473 g/mol. The molecule has 2 N–H and O–H groups in total. The maximum Gasteiger partial charge on any atom is 0.276 e. The van der Waals surface area contributed by atoms with Gasteiger partial charge in [0.1, 0.15) is 18.1 Å². The number of hydrogen-bond donors (Lipinski definition) is 2. The Labute approximate surface area is 203 Å². The van der Waals surface area contributed by atoms with Crippen LogP contribution < -0.4 is 25.2 Å². The maximum absolute atomic E-state index is 12.1. The maximum atomic E-state index is 12.1. The quantitative estimate of drug-likeness (QED) is 0.466. The molecule has 0 unspecified atom stereocenters. The van der Waals surface area contributed by atoms with Crippen molar-refractivity contribution in [2.45, 2.75) is 25.9 Å². The summed E-state index contributed by atoms with van der Waals surface area (Å²) >= 11 is 0. The van der Waals surface area contributed by atoms with Gasteiger partial charge in [0, 0.05) is 18.7 Å². The molecule has 1 aliphatic rings. The summed E-state index contributed by atoms with van der Waals surface area (Å²) in [4.78, 5) is 37.7. The van der Waals surface area contributed by atoms with Gasteiger partial charge in [0.15, 0.2) is 6.61 Å². The van der Waals surface area contributed by atoms with Gasteiger partial charge >= 0.3 is 0 Å². The van der Waals surface area contributed by atoms with E-state index in [-0.39, 0.29) is 24.8 Å². The summed E-state index contributed by atoms with van der Waals surface area (Å²) in [5.74, 6) is 0.481. The fraction of sp³-hybridized carbons (Fsp3) is 0.222. The Bertz CT molecular complexity index is 1150. The van der Waals surface area contributed by atoms with E-state index in [2.05, 4.69) is 10.9 Å². The molecule has 35 heavy (non-hydrogen) atoms. The minimum Gasteiger partial charge on any atom is -0.489 e. The van der Waals surface area contributed by atoms with E-state index < -0.39 is 5.91 Å². The third-order valence-corrected chi connectivity index (χ3v) is 5.47. The Balaban J connectivity index is 1.14. The molecule has 0 atom stereocenters. The van der Waals surface area contributed by atoms with Crippen molar-refractivity contribution in [3.05, 3.63) is 90.0 Å². The smallest absolute Gasteiger partial charge is 0.276 e. The van der Waals surface area contributed by atoms with Crippen LogP contribution in [0.5, 0.6) is 11.5 Å². The molecule has 1 heterocycles. The van der Waals surface area contributed by atoms with Gasteiger partial charge in [-0.25, -0.2) is 0 Å². The first-order chi connectivity index (χ1) is 17.1. The van der Waals surface area contributed by atoms with Crippen LogP contribution in [0.2, 0.25) is 0 Å². The summed E-state index contributed by atoms with van der Waals surface area (Å²) < 4.78 is 11.2. The first kappa shape index (κ1) is 23.8. The predicted molar refractivity (Wildman–Crippen MR) is 131 cm³/mol. The van der Waals surface area contributed by atoms with Gasteiger partial charge in [-0.1, -0.05) is 42.5 Å². The second kappa shape index (κ2) is 11.7. The molecule has 3 aromatic rings. The zero-order valence-electron chi connectivity index (χ0n) is 19.2. The van der Waals surface area contributed by atoms with E-state index >= 15 is 0 Å². The molecule has 8 heteroatoms. The van der Waals surface area contributed by atoms with Gasteiger partial charge in [-0.15, -0.1) is 0 Å². The normalized spacial score (nSPS) is 12.8. The Morgan fingerprint density at radius 3 is 2.09 bits per heavy atom. The van der Waals surface area contributed by atoms with E-state index in [0.29, 0.717) is 24.5 Å². The Kier molecular flexibility index (Phi) is 7.96. The van der Waals surface area contributed by atoms with Crippen LogP contribution >= 0.6 is 0 Å². The number of carbonyl (C=O) groups is 3. The lowest BCUT2D eigenvalue weighted by Gasteiger charge is -2.16. The fourth-order valence-electron chi connectivity index (χ4n) is 3.64.